The lowest BCUT2D eigenvalue weighted by Gasteiger charge is -2.68. The molecule has 1 heterocycles. The van der Waals surface area contributed by atoms with Gasteiger partial charge in [0.15, 0.2) is 0 Å². The fraction of sp³-hybridized carbons (Fsp3) is 0.850. The number of hydrogen-bond acceptors (Lipinski definition) is 4. The minimum Gasteiger partial charge on any atom is -0.459 e. The number of hydrogen-bond donors (Lipinski definition) is 2. The van der Waals surface area contributed by atoms with Crippen LogP contribution in [0.2, 0.25) is 0 Å². The van der Waals surface area contributed by atoms with Crippen molar-refractivity contribution in [3.05, 3.63) is 12.2 Å². The highest BCUT2D eigenvalue weighted by molar-refractivity contribution is 5.81. The Bertz CT molecular complexity index is 644. The summed E-state index contributed by atoms with van der Waals surface area (Å²) in [4.78, 5) is 12.7. The number of allylic oxidation sites excluding steroid dienone is 1. The van der Waals surface area contributed by atoms with Gasteiger partial charge in [-0.05, 0) is 62.7 Å². The highest BCUT2D eigenvalue weighted by Crippen LogP contribution is 2.73. The lowest BCUT2D eigenvalue weighted by atomic mass is 9.36. The molecule has 0 aromatic heterocycles. The predicted octanol–water partition coefficient (Wildman–Crippen LogP) is 2.43. The maximum atomic E-state index is 12.7. The molecule has 4 nitrogen and oxygen atoms in total. The fourth-order valence-corrected chi connectivity index (χ4v) is 7.85. The Balaban J connectivity index is 1.70. The summed E-state index contributed by atoms with van der Waals surface area (Å²) in [5.41, 5.74) is 0.175. The van der Waals surface area contributed by atoms with Crippen LogP contribution in [-0.4, -0.2) is 34.5 Å². The van der Waals surface area contributed by atoms with E-state index in [-0.39, 0.29) is 22.7 Å². The highest BCUT2D eigenvalue weighted by Gasteiger charge is 2.76. The van der Waals surface area contributed by atoms with Crippen LogP contribution in [0.15, 0.2) is 12.2 Å². The van der Waals surface area contributed by atoms with Crippen molar-refractivity contribution >= 4 is 5.97 Å². The van der Waals surface area contributed by atoms with Gasteiger partial charge in [0.1, 0.15) is 6.10 Å². The molecule has 0 aromatic carbocycles. The molecule has 6 aliphatic rings. The maximum Gasteiger partial charge on any atom is 0.315 e. The average Bonchev–Trinajstić information content (AvgIpc) is 2.84. The van der Waals surface area contributed by atoms with Gasteiger partial charge in [-0.1, -0.05) is 19.1 Å². The zero-order chi connectivity index (χ0) is 17.1. The molecular weight excluding hydrogens is 304 g/mol. The van der Waals surface area contributed by atoms with E-state index >= 15 is 0 Å². The number of carbonyl (C=O) groups is 1. The molecule has 2 N–H and O–H groups in total. The van der Waals surface area contributed by atoms with E-state index in [4.69, 9.17) is 4.74 Å². The number of esters is 1. The zero-order valence-electron chi connectivity index (χ0n) is 14.6. The Morgan fingerprint density at radius 1 is 1.21 bits per heavy atom. The predicted molar refractivity (Wildman–Crippen MR) is 87.9 cm³/mol. The van der Waals surface area contributed by atoms with E-state index in [1.165, 1.54) is 5.57 Å². The van der Waals surface area contributed by atoms with Gasteiger partial charge in [-0.3, -0.25) is 4.79 Å². The fourth-order valence-electron chi connectivity index (χ4n) is 7.85. The van der Waals surface area contributed by atoms with Gasteiger partial charge in [0.05, 0.1) is 17.6 Å². The Hall–Kier alpha value is -0.870. The van der Waals surface area contributed by atoms with E-state index in [0.29, 0.717) is 18.3 Å². The van der Waals surface area contributed by atoms with E-state index in [1.54, 1.807) is 0 Å². The molecule has 0 unspecified atom stereocenters. The number of ether oxygens (including phenoxy) is 1. The van der Waals surface area contributed by atoms with Gasteiger partial charge in [-0.25, -0.2) is 0 Å². The van der Waals surface area contributed by atoms with Crippen molar-refractivity contribution in [3.63, 3.8) is 0 Å². The molecule has 9 atom stereocenters. The highest BCUT2D eigenvalue weighted by atomic mass is 16.6. The number of aliphatic hydroxyl groups is 2. The number of aliphatic hydroxyl groups excluding tert-OH is 2. The average molecular weight is 332 g/mol. The van der Waals surface area contributed by atoms with E-state index in [2.05, 4.69) is 13.5 Å². The summed E-state index contributed by atoms with van der Waals surface area (Å²) < 4.78 is 5.78. The molecule has 0 radical (unpaired) electrons. The van der Waals surface area contributed by atoms with Gasteiger partial charge in [0.25, 0.3) is 0 Å². The number of rotatable bonds is 0. The van der Waals surface area contributed by atoms with Crippen molar-refractivity contribution in [2.24, 2.45) is 34.0 Å². The molecule has 6 rings (SSSR count). The molecule has 5 aliphatic carbocycles. The van der Waals surface area contributed by atoms with Gasteiger partial charge in [-0.2, -0.15) is 0 Å². The van der Waals surface area contributed by atoms with Crippen LogP contribution in [0.4, 0.5) is 0 Å². The number of fused-ring (bicyclic) bond motifs is 2. The van der Waals surface area contributed by atoms with Crippen molar-refractivity contribution in [1.82, 2.24) is 0 Å². The molecule has 24 heavy (non-hydrogen) atoms. The van der Waals surface area contributed by atoms with Crippen LogP contribution < -0.4 is 0 Å². The zero-order valence-corrected chi connectivity index (χ0v) is 14.6. The second-order valence-electron chi connectivity index (χ2n) is 9.73. The normalized spacial score (nSPS) is 61.3. The monoisotopic (exact) mass is 332 g/mol. The van der Waals surface area contributed by atoms with E-state index in [1.807, 2.05) is 6.92 Å². The minimum absolute atomic E-state index is 0.0522. The first kappa shape index (κ1) is 15.4. The summed E-state index contributed by atoms with van der Waals surface area (Å²) >= 11 is 0. The van der Waals surface area contributed by atoms with Crippen molar-refractivity contribution in [1.29, 1.82) is 0 Å². The first-order valence-corrected chi connectivity index (χ1v) is 9.50. The topological polar surface area (TPSA) is 66.8 Å². The molecule has 1 aliphatic heterocycles. The Morgan fingerprint density at radius 2 is 1.96 bits per heavy atom. The van der Waals surface area contributed by atoms with Crippen molar-refractivity contribution < 1.29 is 19.7 Å². The second kappa shape index (κ2) is 4.27. The summed E-state index contributed by atoms with van der Waals surface area (Å²) in [5.74, 6) is 0.568. The van der Waals surface area contributed by atoms with Gasteiger partial charge in [-0.15, -0.1) is 0 Å². The summed E-state index contributed by atoms with van der Waals surface area (Å²) in [5, 5.41) is 22.0. The van der Waals surface area contributed by atoms with Crippen LogP contribution in [0.5, 0.6) is 0 Å². The summed E-state index contributed by atoms with van der Waals surface area (Å²) in [7, 11) is 0. The Morgan fingerprint density at radius 3 is 2.67 bits per heavy atom. The SMILES string of the molecule is C=C1C[C@]23CC[C@H]1C[C@H]2[C@]1(C)CC[C@@H](O)[C@@]2(C)C(=O)O[C@H]([C@H]12)[C@@H]3O. The quantitative estimate of drug-likeness (QED) is 0.528. The van der Waals surface area contributed by atoms with Crippen molar-refractivity contribution in [3.8, 4) is 0 Å². The Kier molecular flexibility index (Phi) is 2.74. The van der Waals surface area contributed by atoms with Crippen LogP contribution in [0, 0.1) is 34.0 Å². The van der Waals surface area contributed by atoms with Crippen LogP contribution >= 0.6 is 0 Å². The summed E-state index contributed by atoms with van der Waals surface area (Å²) in [6.07, 6.45) is 3.88. The summed E-state index contributed by atoms with van der Waals surface area (Å²) in [6.45, 7) is 8.46. The third-order valence-electron chi connectivity index (χ3n) is 9.02. The molecule has 1 saturated heterocycles. The molecule has 0 aromatic rings. The molecular formula is C20H28O4. The molecule has 2 bridgehead atoms. The smallest absolute Gasteiger partial charge is 0.315 e. The summed E-state index contributed by atoms with van der Waals surface area (Å²) in [6, 6.07) is 0. The number of carbonyl (C=O) groups excluding carboxylic acids is 1. The maximum absolute atomic E-state index is 12.7. The molecule has 4 heteroatoms. The van der Waals surface area contributed by atoms with Gasteiger partial charge < -0.3 is 14.9 Å². The molecule has 6 fully saturated rings. The van der Waals surface area contributed by atoms with Gasteiger partial charge in [0.2, 0.25) is 0 Å². The molecule has 1 spiro atoms. The first-order valence-electron chi connectivity index (χ1n) is 9.50. The van der Waals surface area contributed by atoms with Gasteiger partial charge in [0, 0.05) is 11.3 Å². The lowest BCUT2D eigenvalue weighted by Crippen LogP contribution is -2.70. The second-order valence-corrected chi connectivity index (χ2v) is 9.73. The standard InChI is InChI=1S/C20H28O4/c1-10-9-20-7-4-11(10)8-12(20)18(2)6-5-13(21)19(3)15(18)14(16(20)22)24-17(19)23/h11-16,21-22H,1,4-9H2,2-3H3/t11-,12-,13+,14+,15+,16-,18-,19+,20+/m0/s1. The van der Waals surface area contributed by atoms with E-state index < -0.39 is 23.7 Å². The van der Waals surface area contributed by atoms with Crippen LogP contribution in [0.1, 0.15) is 52.4 Å². The Labute approximate surface area is 143 Å². The van der Waals surface area contributed by atoms with Crippen molar-refractivity contribution in [2.45, 2.75) is 70.7 Å². The third kappa shape index (κ3) is 1.40. The third-order valence-corrected chi connectivity index (χ3v) is 9.02. The molecule has 5 saturated carbocycles. The van der Waals surface area contributed by atoms with Gasteiger partial charge >= 0.3 is 5.97 Å². The molecule has 0 amide bonds. The largest absolute Gasteiger partial charge is 0.459 e. The van der Waals surface area contributed by atoms with E-state index in [0.717, 1.165) is 32.1 Å². The van der Waals surface area contributed by atoms with Crippen LogP contribution in [-0.2, 0) is 9.53 Å². The minimum atomic E-state index is -0.867. The van der Waals surface area contributed by atoms with Crippen LogP contribution in [0.25, 0.3) is 0 Å². The lowest BCUT2D eigenvalue weighted by molar-refractivity contribution is -0.247. The molecule has 132 valence electrons. The van der Waals surface area contributed by atoms with Crippen molar-refractivity contribution in [2.75, 3.05) is 0 Å². The first-order chi connectivity index (χ1) is 11.2. The van der Waals surface area contributed by atoms with Crippen LogP contribution in [0.3, 0.4) is 0 Å². The van der Waals surface area contributed by atoms with E-state index in [9.17, 15) is 15.0 Å².